The Morgan fingerprint density at radius 1 is 1.15 bits per heavy atom. The molecule has 3 rings (SSSR count). The van der Waals surface area contributed by atoms with Crippen LogP contribution in [0.15, 0.2) is 42.5 Å². The number of carbonyl (C=O) groups excluding carboxylic acids is 1. The summed E-state index contributed by atoms with van der Waals surface area (Å²) in [5.41, 5.74) is 1.28. The normalized spacial score (nSPS) is 16.1. The Morgan fingerprint density at radius 3 is 2.41 bits per heavy atom. The first-order chi connectivity index (χ1) is 13.0. The fourth-order valence-corrected chi connectivity index (χ4v) is 3.31. The van der Waals surface area contributed by atoms with E-state index in [1.807, 2.05) is 31.2 Å². The van der Waals surface area contributed by atoms with E-state index in [1.54, 1.807) is 13.2 Å². The van der Waals surface area contributed by atoms with Crippen LogP contribution in [0.4, 0.5) is 15.8 Å². The van der Waals surface area contributed by atoms with Crippen LogP contribution in [0.3, 0.4) is 0 Å². The molecular weight excluding hydrogens is 369 g/mol. The topological polar surface area (TPSA) is 44.8 Å². The second-order valence-corrected chi connectivity index (χ2v) is 6.95. The monoisotopic (exact) mass is 391 g/mol. The van der Waals surface area contributed by atoms with E-state index < -0.39 is 5.82 Å². The predicted molar refractivity (Wildman–Crippen MR) is 106 cm³/mol. The van der Waals surface area contributed by atoms with Crippen molar-refractivity contribution in [3.63, 3.8) is 0 Å². The SMILES string of the molecule is COc1ccc(N2CCN([C@@H](C)C(=O)Nc3ccc(Cl)cc3F)CC2)cc1. The summed E-state index contributed by atoms with van der Waals surface area (Å²) in [6, 6.07) is 11.8. The molecule has 7 heteroatoms. The van der Waals surface area contributed by atoms with E-state index in [0.29, 0.717) is 5.02 Å². The lowest BCUT2D eigenvalue weighted by Crippen LogP contribution is -2.52. The summed E-state index contributed by atoms with van der Waals surface area (Å²) in [4.78, 5) is 16.9. The molecule has 0 saturated carbocycles. The average molecular weight is 392 g/mol. The maximum Gasteiger partial charge on any atom is 0.241 e. The number of carbonyl (C=O) groups is 1. The highest BCUT2D eigenvalue weighted by molar-refractivity contribution is 6.30. The van der Waals surface area contributed by atoms with Gasteiger partial charge in [-0.1, -0.05) is 11.6 Å². The molecule has 1 aliphatic heterocycles. The number of nitrogens with one attached hydrogen (secondary N) is 1. The lowest BCUT2D eigenvalue weighted by molar-refractivity contribution is -0.120. The van der Waals surface area contributed by atoms with Crippen LogP contribution >= 0.6 is 11.6 Å². The molecule has 0 unspecified atom stereocenters. The molecule has 1 atom stereocenters. The largest absolute Gasteiger partial charge is 0.497 e. The highest BCUT2D eigenvalue weighted by Crippen LogP contribution is 2.22. The van der Waals surface area contributed by atoms with Crippen LogP contribution in [0.2, 0.25) is 5.02 Å². The number of rotatable bonds is 5. The summed E-state index contributed by atoms with van der Waals surface area (Å²) in [5, 5.41) is 2.95. The van der Waals surface area contributed by atoms with Gasteiger partial charge in [0.2, 0.25) is 5.91 Å². The van der Waals surface area contributed by atoms with Gasteiger partial charge >= 0.3 is 0 Å². The molecule has 1 N–H and O–H groups in total. The number of benzene rings is 2. The van der Waals surface area contributed by atoms with E-state index in [1.165, 1.54) is 12.1 Å². The van der Waals surface area contributed by atoms with Gasteiger partial charge in [-0.05, 0) is 49.4 Å². The molecule has 2 aromatic rings. The summed E-state index contributed by atoms with van der Waals surface area (Å²) in [7, 11) is 1.65. The highest BCUT2D eigenvalue weighted by atomic mass is 35.5. The molecule has 1 saturated heterocycles. The smallest absolute Gasteiger partial charge is 0.241 e. The number of amides is 1. The molecule has 144 valence electrons. The molecule has 1 heterocycles. The number of piperazine rings is 1. The first-order valence-electron chi connectivity index (χ1n) is 8.87. The van der Waals surface area contributed by atoms with Crippen molar-refractivity contribution in [2.75, 3.05) is 43.5 Å². The van der Waals surface area contributed by atoms with Gasteiger partial charge in [-0.3, -0.25) is 9.69 Å². The second kappa shape index (κ2) is 8.59. The molecule has 0 aromatic heterocycles. The van der Waals surface area contributed by atoms with E-state index >= 15 is 0 Å². The van der Waals surface area contributed by atoms with Crippen molar-refractivity contribution in [2.45, 2.75) is 13.0 Å². The van der Waals surface area contributed by atoms with Gasteiger partial charge in [-0.25, -0.2) is 4.39 Å². The van der Waals surface area contributed by atoms with Crippen molar-refractivity contribution in [3.05, 3.63) is 53.3 Å². The van der Waals surface area contributed by atoms with E-state index in [9.17, 15) is 9.18 Å². The zero-order valence-electron chi connectivity index (χ0n) is 15.4. The van der Waals surface area contributed by atoms with Crippen molar-refractivity contribution >= 4 is 28.9 Å². The van der Waals surface area contributed by atoms with Crippen LogP contribution in [0.1, 0.15) is 6.92 Å². The molecule has 1 fully saturated rings. The van der Waals surface area contributed by atoms with Crippen LogP contribution in [-0.2, 0) is 4.79 Å². The number of halogens is 2. The number of anilines is 2. The van der Waals surface area contributed by atoms with Crippen molar-refractivity contribution in [2.24, 2.45) is 0 Å². The first-order valence-corrected chi connectivity index (χ1v) is 9.24. The summed E-state index contributed by atoms with van der Waals surface area (Å²) in [5.74, 6) is 0.0682. The molecular formula is C20H23ClFN3O2. The van der Waals surface area contributed by atoms with E-state index in [4.69, 9.17) is 16.3 Å². The summed E-state index contributed by atoms with van der Waals surface area (Å²) < 4.78 is 19.1. The van der Waals surface area contributed by atoms with Crippen molar-refractivity contribution in [3.8, 4) is 5.75 Å². The van der Waals surface area contributed by atoms with Crippen molar-refractivity contribution in [1.29, 1.82) is 0 Å². The number of nitrogens with zero attached hydrogens (tertiary/aromatic N) is 2. The maximum absolute atomic E-state index is 13.9. The third kappa shape index (κ3) is 4.70. The molecule has 0 aliphatic carbocycles. The highest BCUT2D eigenvalue weighted by Gasteiger charge is 2.26. The van der Waals surface area contributed by atoms with Gasteiger partial charge in [-0.2, -0.15) is 0 Å². The van der Waals surface area contributed by atoms with Gasteiger partial charge in [0.1, 0.15) is 11.6 Å². The minimum Gasteiger partial charge on any atom is -0.497 e. The fraction of sp³-hybridized carbons (Fsp3) is 0.350. The molecule has 0 spiro atoms. The molecule has 27 heavy (non-hydrogen) atoms. The summed E-state index contributed by atoms with van der Waals surface area (Å²) >= 11 is 5.75. The van der Waals surface area contributed by atoms with Gasteiger partial charge in [0, 0.05) is 36.9 Å². The zero-order valence-corrected chi connectivity index (χ0v) is 16.2. The van der Waals surface area contributed by atoms with E-state index in [0.717, 1.165) is 37.6 Å². The van der Waals surface area contributed by atoms with Gasteiger partial charge < -0.3 is 15.0 Å². The Morgan fingerprint density at radius 2 is 1.81 bits per heavy atom. The molecule has 2 aromatic carbocycles. The van der Waals surface area contributed by atoms with E-state index in [-0.39, 0.29) is 17.6 Å². The van der Waals surface area contributed by atoms with Crippen LogP contribution in [-0.4, -0.2) is 50.1 Å². The molecule has 0 radical (unpaired) electrons. The zero-order chi connectivity index (χ0) is 19.4. The quantitative estimate of drug-likeness (QED) is 0.845. The molecule has 1 aliphatic rings. The molecule has 1 amide bonds. The van der Waals surface area contributed by atoms with Crippen LogP contribution in [0, 0.1) is 5.82 Å². The Hall–Kier alpha value is -2.31. The van der Waals surface area contributed by atoms with E-state index in [2.05, 4.69) is 15.1 Å². The van der Waals surface area contributed by atoms with Gasteiger partial charge in [-0.15, -0.1) is 0 Å². The lowest BCUT2D eigenvalue weighted by Gasteiger charge is -2.38. The third-order valence-electron chi connectivity index (χ3n) is 4.87. The standard InChI is InChI=1S/C20H23ClFN3O2/c1-14(20(26)23-19-8-3-15(21)13-18(19)22)24-9-11-25(12-10-24)16-4-6-17(27-2)7-5-16/h3-8,13-14H,9-12H2,1-2H3,(H,23,26)/t14-/m0/s1. The van der Waals surface area contributed by atoms with Gasteiger partial charge in [0.05, 0.1) is 18.8 Å². The third-order valence-corrected chi connectivity index (χ3v) is 5.10. The second-order valence-electron chi connectivity index (χ2n) is 6.51. The Balaban J connectivity index is 1.55. The van der Waals surface area contributed by atoms with Crippen LogP contribution in [0.5, 0.6) is 5.75 Å². The summed E-state index contributed by atoms with van der Waals surface area (Å²) in [6.45, 7) is 4.98. The molecule has 5 nitrogen and oxygen atoms in total. The minimum atomic E-state index is -0.535. The van der Waals surface area contributed by atoms with Gasteiger partial charge in [0.25, 0.3) is 0 Å². The lowest BCUT2D eigenvalue weighted by atomic mass is 10.2. The van der Waals surface area contributed by atoms with Crippen LogP contribution < -0.4 is 15.0 Å². The van der Waals surface area contributed by atoms with Gasteiger partial charge in [0.15, 0.2) is 0 Å². The van der Waals surface area contributed by atoms with Crippen LogP contribution in [0.25, 0.3) is 0 Å². The predicted octanol–water partition coefficient (Wildman–Crippen LogP) is 3.64. The van der Waals surface area contributed by atoms with Crippen molar-refractivity contribution in [1.82, 2.24) is 4.90 Å². The molecule has 0 bridgehead atoms. The first kappa shape index (κ1) is 19.5. The Bertz CT molecular complexity index is 792. The number of hydrogen-bond donors (Lipinski definition) is 1. The number of hydrogen-bond acceptors (Lipinski definition) is 4. The fourth-order valence-electron chi connectivity index (χ4n) is 3.15. The summed E-state index contributed by atoms with van der Waals surface area (Å²) in [6.07, 6.45) is 0. The number of ether oxygens (including phenoxy) is 1. The minimum absolute atomic E-state index is 0.146. The Labute approximate surface area is 163 Å². The van der Waals surface area contributed by atoms with Crippen molar-refractivity contribution < 1.29 is 13.9 Å². The Kier molecular flexibility index (Phi) is 6.19. The maximum atomic E-state index is 13.9. The number of methoxy groups -OCH3 is 1. The average Bonchev–Trinajstić information content (AvgIpc) is 2.69.